The third-order valence-electron chi connectivity index (χ3n) is 5.19. The molecule has 0 amide bonds. The number of unbranched alkanes of at least 4 members (excludes halogenated alkanes) is 5. The molecule has 6 heteroatoms. The number of hydrogen-bond donors (Lipinski definition) is 1. The first-order chi connectivity index (χ1) is 15.2. The summed E-state index contributed by atoms with van der Waals surface area (Å²) in [5, 5.41) is 18.6. The van der Waals surface area contributed by atoms with Crippen LogP contribution < -0.4 is 4.74 Å². The fraction of sp³-hybridized carbons (Fsp3) is 0.400. The van der Waals surface area contributed by atoms with Crippen LogP contribution in [0.1, 0.15) is 67.1 Å². The van der Waals surface area contributed by atoms with Crippen LogP contribution in [0.4, 0.5) is 0 Å². The molecule has 0 bridgehead atoms. The average molecular weight is 422 g/mol. The summed E-state index contributed by atoms with van der Waals surface area (Å²) in [5.74, 6) is 0.275. The highest BCUT2D eigenvalue weighted by Crippen LogP contribution is 2.25. The van der Waals surface area contributed by atoms with E-state index in [0.29, 0.717) is 11.3 Å². The van der Waals surface area contributed by atoms with Crippen LogP contribution in [-0.2, 0) is 19.6 Å². The highest BCUT2D eigenvalue weighted by atomic mass is 16.5. The first kappa shape index (κ1) is 22.5. The SMILES string of the molecule is CCCCCCCCn1cc(COc2ccc(C(=O)Cc3ccccc3)c(O)c2)nn1. The van der Waals surface area contributed by atoms with Gasteiger partial charge in [0.2, 0.25) is 0 Å². The predicted molar refractivity (Wildman–Crippen MR) is 120 cm³/mol. The zero-order chi connectivity index (χ0) is 21.9. The fourth-order valence-corrected chi connectivity index (χ4v) is 3.44. The third-order valence-corrected chi connectivity index (χ3v) is 5.19. The van der Waals surface area contributed by atoms with Gasteiger partial charge in [-0.15, -0.1) is 5.10 Å². The van der Waals surface area contributed by atoms with E-state index in [0.717, 1.165) is 24.2 Å². The Bertz CT molecular complexity index is 954. The molecule has 0 aliphatic heterocycles. The number of aromatic nitrogens is 3. The maximum absolute atomic E-state index is 12.5. The van der Waals surface area contributed by atoms with Crippen LogP contribution in [0.2, 0.25) is 0 Å². The van der Waals surface area contributed by atoms with Gasteiger partial charge in [-0.2, -0.15) is 0 Å². The van der Waals surface area contributed by atoms with E-state index in [1.54, 1.807) is 12.1 Å². The highest BCUT2D eigenvalue weighted by molar-refractivity contribution is 6.00. The van der Waals surface area contributed by atoms with Crippen LogP contribution in [0.15, 0.2) is 54.7 Å². The van der Waals surface area contributed by atoms with Crippen molar-refractivity contribution in [2.75, 3.05) is 0 Å². The van der Waals surface area contributed by atoms with E-state index in [1.165, 1.54) is 38.2 Å². The summed E-state index contributed by atoms with van der Waals surface area (Å²) in [6.45, 7) is 3.34. The number of nitrogens with zero attached hydrogens (tertiary/aromatic N) is 3. The first-order valence-electron chi connectivity index (χ1n) is 11.1. The lowest BCUT2D eigenvalue weighted by atomic mass is 10.0. The molecule has 1 N–H and O–H groups in total. The molecule has 0 unspecified atom stereocenters. The van der Waals surface area contributed by atoms with Crippen LogP contribution in [0.25, 0.3) is 0 Å². The zero-order valence-corrected chi connectivity index (χ0v) is 18.2. The van der Waals surface area contributed by atoms with Crippen molar-refractivity contribution in [3.05, 3.63) is 71.5 Å². The van der Waals surface area contributed by atoms with Crippen molar-refractivity contribution in [2.45, 2.75) is 65.0 Å². The number of carbonyl (C=O) groups excluding carboxylic acids is 1. The summed E-state index contributed by atoms with van der Waals surface area (Å²) < 4.78 is 7.57. The van der Waals surface area contributed by atoms with Crippen molar-refractivity contribution in [3.63, 3.8) is 0 Å². The molecular weight excluding hydrogens is 390 g/mol. The number of phenolic OH excluding ortho intramolecular Hbond substituents is 1. The van der Waals surface area contributed by atoms with Gasteiger partial charge in [0, 0.05) is 19.0 Å². The summed E-state index contributed by atoms with van der Waals surface area (Å²) >= 11 is 0. The number of Topliss-reactive ketones (excluding diaryl/α,β-unsaturated/α-hetero) is 1. The van der Waals surface area contributed by atoms with Crippen LogP contribution >= 0.6 is 0 Å². The number of ketones is 1. The van der Waals surface area contributed by atoms with Crippen LogP contribution in [0.3, 0.4) is 0 Å². The summed E-state index contributed by atoms with van der Waals surface area (Å²) in [5.41, 5.74) is 1.94. The molecular formula is C25H31N3O3. The molecule has 6 nitrogen and oxygen atoms in total. The van der Waals surface area contributed by atoms with Gasteiger partial charge in [-0.05, 0) is 24.1 Å². The molecule has 0 spiro atoms. The molecule has 1 heterocycles. The Kier molecular flexibility index (Phi) is 8.64. The molecule has 0 radical (unpaired) electrons. The lowest BCUT2D eigenvalue weighted by Gasteiger charge is -2.08. The second-order valence-corrected chi connectivity index (χ2v) is 7.79. The number of hydrogen-bond acceptors (Lipinski definition) is 5. The Hall–Kier alpha value is -3.15. The molecule has 0 saturated heterocycles. The largest absolute Gasteiger partial charge is 0.507 e. The van der Waals surface area contributed by atoms with Gasteiger partial charge in [-0.1, -0.05) is 74.6 Å². The van der Waals surface area contributed by atoms with E-state index < -0.39 is 0 Å². The topological polar surface area (TPSA) is 77.2 Å². The van der Waals surface area contributed by atoms with E-state index >= 15 is 0 Å². The Morgan fingerprint density at radius 3 is 2.58 bits per heavy atom. The molecule has 0 fully saturated rings. The summed E-state index contributed by atoms with van der Waals surface area (Å²) in [7, 11) is 0. The van der Waals surface area contributed by atoms with Crippen molar-refractivity contribution >= 4 is 5.78 Å². The molecule has 0 aliphatic rings. The summed E-state index contributed by atoms with van der Waals surface area (Å²) in [4.78, 5) is 12.5. The lowest BCUT2D eigenvalue weighted by molar-refractivity contribution is 0.0990. The highest BCUT2D eigenvalue weighted by Gasteiger charge is 2.13. The van der Waals surface area contributed by atoms with Gasteiger partial charge in [0.1, 0.15) is 23.8 Å². The average Bonchev–Trinajstić information content (AvgIpc) is 3.23. The minimum absolute atomic E-state index is 0.0786. The normalized spacial score (nSPS) is 10.9. The van der Waals surface area contributed by atoms with E-state index in [9.17, 15) is 9.90 Å². The molecule has 1 aromatic heterocycles. The predicted octanol–water partition coefficient (Wildman–Crippen LogP) is 5.35. The maximum Gasteiger partial charge on any atom is 0.170 e. The molecule has 2 aromatic carbocycles. The van der Waals surface area contributed by atoms with Gasteiger partial charge in [0.05, 0.1) is 11.8 Å². The standard InChI is InChI=1S/C25H31N3O3/c1-2-3-4-5-6-10-15-28-18-21(26-27-28)19-31-22-13-14-23(25(30)17-22)24(29)16-20-11-8-7-9-12-20/h7-9,11-14,17-18,30H,2-6,10,15-16,19H2,1H3. The lowest BCUT2D eigenvalue weighted by Crippen LogP contribution is -2.04. The monoisotopic (exact) mass is 421 g/mol. The summed E-state index contributed by atoms with van der Waals surface area (Å²) in [6.07, 6.45) is 9.59. The first-order valence-corrected chi connectivity index (χ1v) is 11.1. The zero-order valence-electron chi connectivity index (χ0n) is 18.2. The number of aromatic hydroxyl groups is 1. The molecule has 3 aromatic rings. The minimum Gasteiger partial charge on any atom is -0.507 e. The quantitative estimate of drug-likeness (QED) is 0.297. The van der Waals surface area contributed by atoms with Crippen molar-refractivity contribution in [1.82, 2.24) is 15.0 Å². The Morgan fingerprint density at radius 2 is 1.81 bits per heavy atom. The van der Waals surface area contributed by atoms with Gasteiger partial charge in [-0.3, -0.25) is 9.48 Å². The molecule has 0 aliphatic carbocycles. The number of aryl methyl sites for hydroxylation is 1. The van der Waals surface area contributed by atoms with Crippen molar-refractivity contribution in [3.8, 4) is 11.5 Å². The fourth-order valence-electron chi connectivity index (χ4n) is 3.44. The molecule has 31 heavy (non-hydrogen) atoms. The Morgan fingerprint density at radius 1 is 1.03 bits per heavy atom. The second kappa shape index (κ2) is 11.9. The third kappa shape index (κ3) is 7.24. The van der Waals surface area contributed by atoms with Gasteiger partial charge in [-0.25, -0.2) is 0 Å². The molecule has 164 valence electrons. The van der Waals surface area contributed by atoms with E-state index in [4.69, 9.17) is 4.74 Å². The second-order valence-electron chi connectivity index (χ2n) is 7.79. The van der Waals surface area contributed by atoms with Crippen LogP contribution in [-0.4, -0.2) is 25.9 Å². The van der Waals surface area contributed by atoms with Gasteiger partial charge < -0.3 is 9.84 Å². The van der Waals surface area contributed by atoms with E-state index in [-0.39, 0.29) is 24.6 Å². The van der Waals surface area contributed by atoms with Crippen LogP contribution in [0.5, 0.6) is 11.5 Å². The summed E-state index contributed by atoms with van der Waals surface area (Å²) in [6, 6.07) is 14.2. The van der Waals surface area contributed by atoms with Gasteiger partial charge >= 0.3 is 0 Å². The number of carbonyl (C=O) groups is 1. The molecule has 3 rings (SSSR count). The Balaban J connectivity index is 1.46. The van der Waals surface area contributed by atoms with Crippen molar-refractivity contribution < 1.29 is 14.6 Å². The van der Waals surface area contributed by atoms with Crippen molar-refractivity contribution in [1.29, 1.82) is 0 Å². The van der Waals surface area contributed by atoms with Crippen molar-refractivity contribution in [2.24, 2.45) is 0 Å². The Labute approximate surface area is 183 Å². The van der Waals surface area contributed by atoms with E-state index in [1.807, 2.05) is 41.2 Å². The van der Waals surface area contributed by atoms with Gasteiger partial charge in [0.15, 0.2) is 5.78 Å². The molecule has 0 atom stereocenters. The van der Waals surface area contributed by atoms with Gasteiger partial charge in [0.25, 0.3) is 0 Å². The maximum atomic E-state index is 12.5. The smallest absolute Gasteiger partial charge is 0.170 e. The number of benzene rings is 2. The van der Waals surface area contributed by atoms with Crippen LogP contribution in [0, 0.1) is 0 Å². The number of rotatable bonds is 13. The number of ether oxygens (including phenoxy) is 1. The van der Waals surface area contributed by atoms with E-state index in [2.05, 4.69) is 17.2 Å². The minimum atomic E-state index is -0.132. The number of phenols is 1. The molecule has 0 saturated carbocycles.